The van der Waals surface area contributed by atoms with Crippen LogP contribution in [-0.2, 0) is 11.2 Å². The zero-order valence-corrected chi connectivity index (χ0v) is 10.5. The molecular weight excluding hydrogens is 210 g/mol. The number of ether oxygens (including phenoxy) is 1. The summed E-state index contributed by atoms with van der Waals surface area (Å²) in [4.78, 5) is 0. The van der Waals surface area contributed by atoms with Crippen LogP contribution >= 0.6 is 0 Å². The number of hydrogen-bond acceptors (Lipinski definition) is 2. The van der Waals surface area contributed by atoms with Gasteiger partial charge in [0.05, 0.1) is 0 Å². The summed E-state index contributed by atoms with van der Waals surface area (Å²) in [5.41, 5.74) is 7.91. The summed E-state index contributed by atoms with van der Waals surface area (Å²) >= 11 is 0. The number of aryl methyl sites for hydroxylation is 1. The van der Waals surface area contributed by atoms with E-state index < -0.39 is 0 Å². The minimum absolute atomic E-state index is 0.836. The van der Waals surface area contributed by atoms with E-state index in [-0.39, 0.29) is 0 Å². The van der Waals surface area contributed by atoms with Crippen molar-refractivity contribution >= 4 is 5.69 Å². The second-order valence-electron chi connectivity index (χ2n) is 5.07. The third-order valence-electron chi connectivity index (χ3n) is 3.53. The predicted molar refractivity (Wildman–Crippen MR) is 72.0 cm³/mol. The van der Waals surface area contributed by atoms with Gasteiger partial charge in [0.2, 0.25) is 0 Å². The highest BCUT2D eigenvalue weighted by Gasteiger charge is 2.14. The molecule has 1 fully saturated rings. The lowest BCUT2D eigenvalue weighted by Crippen LogP contribution is -2.06. The maximum absolute atomic E-state index is 5.74. The molecule has 0 saturated heterocycles. The standard InChI is InChI=1S/C15H23NO/c16-15-9-3-7-13(11-15)8-4-10-17-12-14-5-1-2-6-14/h3,7,9,11,14H,1-2,4-6,8,10,12,16H2. The van der Waals surface area contributed by atoms with E-state index in [0.717, 1.165) is 37.7 Å². The van der Waals surface area contributed by atoms with Gasteiger partial charge in [-0.25, -0.2) is 0 Å². The van der Waals surface area contributed by atoms with Crippen LogP contribution < -0.4 is 5.73 Å². The van der Waals surface area contributed by atoms with Gasteiger partial charge in [-0.2, -0.15) is 0 Å². The molecule has 2 rings (SSSR count). The van der Waals surface area contributed by atoms with Crippen LogP contribution in [0.2, 0.25) is 0 Å². The molecule has 1 aromatic rings. The normalized spacial score (nSPS) is 16.5. The fraction of sp³-hybridized carbons (Fsp3) is 0.600. The molecule has 2 N–H and O–H groups in total. The lowest BCUT2D eigenvalue weighted by atomic mass is 10.1. The third kappa shape index (κ3) is 4.39. The van der Waals surface area contributed by atoms with Gasteiger partial charge in [0.15, 0.2) is 0 Å². The summed E-state index contributed by atoms with van der Waals surface area (Å²) in [7, 11) is 0. The first kappa shape index (κ1) is 12.4. The second-order valence-corrected chi connectivity index (χ2v) is 5.07. The van der Waals surface area contributed by atoms with Crippen molar-refractivity contribution in [2.24, 2.45) is 5.92 Å². The number of nitrogens with two attached hydrogens (primary N) is 1. The quantitative estimate of drug-likeness (QED) is 0.603. The molecule has 0 atom stereocenters. The fourth-order valence-corrected chi connectivity index (χ4v) is 2.55. The number of anilines is 1. The Kier molecular flexibility index (Phi) is 4.87. The summed E-state index contributed by atoms with van der Waals surface area (Å²) in [6.07, 6.45) is 7.70. The zero-order chi connectivity index (χ0) is 11.9. The van der Waals surface area contributed by atoms with Gasteiger partial charge < -0.3 is 10.5 Å². The Labute approximate surface area is 104 Å². The Morgan fingerprint density at radius 2 is 2.06 bits per heavy atom. The summed E-state index contributed by atoms with van der Waals surface area (Å²) < 4.78 is 5.74. The molecule has 0 aliphatic heterocycles. The van der Waals surface area contributed by atoms with Crippen molar-refractivity contribution in [2.45, 2.75) is 38.5 Å². The zero-order valence-electron chi connectivity index (χ0n) is 10.5. The highest BCUT2D eigenvalue weighted by Crippen LogP contribution is 2.24. The van der Waals surface area contributed by atoms with E-state index in [0.29, 0.717) is 0 Å². The highest BCUT2D eigenvalue weighted by atomic mass is 16.5. The Morgan fingerprint density at radius 3 is 2.82 bits per heavy atom. The van der Waals surface area contributed by atoms with Crippen molar-refractivity contribution in [3.63, 3.8) is 0 Å². The first-order valence-electron chi connectivity index (χ1n) is 6.77. The molecule has 94 valence electrons. The molecule has 1 aliphatic carbocycles. The summed E-state index contributed by atoms with van der Waals surface area (Å²) in [6, 6.07) is 8.13. The van der Waals surface area contributed by atoms with E-state index in [1.165, 1.54) is 31.2 Å². The van der Waals surface area contributed by atoms with E-state index in [9.17, 15) is 0 Å². The Balaban J connectivity index is 1.56. The minimum Gasteiger partial charge on any atom is -0.399 e. The molecule has 0 heterocycles. The second kappa shape index (κ2) is 6.65. The molecule has 0 spiro atoms. The number of rotatable bonds is 6. The molecule has 1 aliphatic rings. The van der Waals surface area contributed by atoms with Gasteiger partial charge in [-0.1, -0.05) is 25.0 Å². The largest absolute Gasteiger partial charge is 0.399 e. The first-order chi connectivity index (χ1) is 8.34. The molecule has 1 saturated carbocycles. The van der Waals surface area contributed by atoms with Gasteiger partial charge in [0.25, 0.3) is 0 Å². The minimum atomic E-state index is 0.836. The number of nitrogen functional groups attached to an aromatic ring is 1. The van der Waals surface area contributed by atoms with E-state index in [1.807, 2.05) is 12.1 Å². The molecule has 0 radical (unpaired) electrons. The van der Waals surface area contributed by atoms with Crippen molar-refractivity contribution in [2.75, 3.05) is 18.9 Å². The monoisotopic (exact) mass is 233 g/mol. The van der Waals surface area contributed by atoms with E-state index in [2.05, 4.69) is 12.1 Å². The average Bonchev–Trinajstić information content (AvgIpc) is 2.82. The average molecular weight is 233 g/mol. The van der Waals surface area contributed by atoms with Gasteiger partial charge in [0, 0.05) is 18.9 Å². The van der Waals surface area contributed by atoms with E-state index in [4.69, 9.17) is 10.5 Å². The maximum Gasteiger partial charge on any atom is 0.0494 e. The lowest BCUT2D eigenvalue weighted by Gasteiger charge is -2.09. The summed E-state index contributed by atoms with van der Waals surface area (Å²) in [5.74, 6) is 0.836. The van der Waals surface area contributed by atoms with Crippen LogP contribution in [0.3, 0.4) is 0 Å². The van der Waals surface area contributed by atoms with Gasteiger partial charge in [-0.3, -0.25) is 0 Å². The van der Waals surface area contributed by atoms with E-state index >= 15 is 0 Å². The van der Waals surface area contributed by atoms with Crippen molar-refractivity contribution in [3.05, 3.63) is 29.8 Å². The number of benzene rings is 1. The van der Waals surface area contributed by atoms with Crippen molar-refractivity contribution in [1.82, 2.24) is 0 Å². The van der Waals surface area contributed by atoms with Crippen molar-refractivity contribution in [3.8, 4) is 0 Å². The molecule has 0 aromatic heterocycles. The predicted octanol–water partition coefficient (Wildman–Crippen LogP) is 3.41. The van der Waals surface area contributed by atoms with Gasteiger partial charge in [-0.05, 0) is 49.3 Å². The fourth-order valence-electron chi connectivity index (χ4n) is 2.55. The maximum atomic E-state index is 5.74. The van der Waals surface area contributed by atoms with E-state index in [1.54, 1.807) is 0 Å². The first-order valence-corrected chi connectivity index (χ1v) is 6.77. The molecular formula is C15H23NO. The Hall–Kier alpha value is -1.02. The van der Waals surface area contributed by atoms with Crippen LogP contribution in [0.4, 0.5) is 5.69 Å². The molecule has 2 heteroatoms. The Morgan fingerprint density at radius 1 is 1.24 bits per heavy atom. The van der Waals surface area contributed by atoms with Crippen LogP contribution in [-0.4, -0.2) is 13.2 Å². The summed E-state index contributed by atoms with van der Waals surface area (Å²) in [6.45, 7) is 1.85. The molecule has 17 heavy (non-hydrogen) atoms. The van der Waals surface area contributed by atoms with Crippen LogP contribution in [0.15, 0.2) is 24.3 Å². The molecule has 0 bridgehead atoms. The number of hydrogen-bond donors (Lipinski definition) is 1. The molecule has 0 unspecified atom stereocenters. The highest BCUT2D eigenvalue weighted by molar-refractivity contribution is 5.40. The molecule has 1 aromatic carbocycles. The Bertz CT molecular complexity index is 331. The van der Waals surface area contributed by atoms with Crippen LogP contribution in [0, 0.1) is 5.92 Å². The topological polar surface area (TPSA) is 35.2 Å². The lowest BCUT2D eigenvalue weighted by molar-refractivity contribution is 0.0995. The van der Waals surface area contributed by atoms with Gasteiger partial charge >= 0.3 is 0 Å². The smallest absolute Gasteiger partial charge is 0.0494 e. The van der Waals surface area contributed by atoms with Gasteiger partial charge in [-0.15, -0.1) is 0 Å². The van der Waals surface area contributed by atoms with Gasteiger partial charge in [0.1, 0.15) is 0 Å². The van der Waals surface area contributed by atoms with Crippen LogP contribution in [0.1, 0.15) is 37.7 Å². The molecule has 2 nitrogen and oxygen atoms in total. The third-order valence-corrected chi connectivity index (χ3v) is 3.53. The SMILES string of the molecule is Nc1cccc(CCCOCC2CCCC2)c1. The van der Waals surface area contributed by atoms with Crippen molar-refractivity contribution < 1.29 is 4.74 Å². The van der Waals surface area contributed by atoms with Crippen LogP contribution in [0.25, 0.3) is 0 Å². The molecule has 0 amide bonds. The van der Waals surface area contributed by atoms with Crippen molar-refractivity contribution in [1.29, 1.82) is 0 Å². The van der Waals surface area contributed by atoms with Crippen LogP contribution in [0.5, 0.6) is 0 Å². The summed E-state index contributed by atoms with van der Waals surface area (Å²) in [5, 5.41) is 0.